The van der Waals surface area contributed by atoms with Crippen LogP contribution < -0.4 is 4.90 Å². The Balaban J connectivity index is 1.15. The summed E-state index contributed by atoms with van der Waals surface area (Å²) in [7, 11) is 0. The number of hydrogen-bond acceptors (Lipinski definition) is 1. The molecule has 1 aromatic heterocycles. The number of rotatable bonds is 7. The predicted octanol–water partition coefficient (Wildman–Crippen LogP) is 14.1. The highest BCUT2D eigenvalue weighted by Gasteiger charge is 2.35. The molecule has 1 heterocycles. The van der Waals surface area contributed by atoms with E-state index in [-0.39, 0.29) is 5.41 Å². The fraction of sp³-hybridized carbons (Fsp3) is 0.0980. The molecule has 1 aliphatic carbocycles. The van der Waals surface area contributed by atoms with Crippen LogP contribution in [-0.4, -0.2) is 4.57 Å². The van der Waals surface area contributed by atoms with E-state index in [0.29, 0.717) is 0 Å². The van der Waals surface area contributed by atoms with Gasteiger partial charge in [0.05, 0.1) is 5.52 Å². The molecule has 8 aromatic rings. The van der Waals surface area contributed by atoms with Gasteiger partial charge in [0.25, 0.3) is 0 Å². The van der Waals surface area contributed by atoms with Gasteiger partial charge in [0.1, 0.15) is 0 Å². The summed E-state index contributed by atoms with van der Waals surface area (Å²) in [5, 5.41) is 1.27. The van der Waals surface area contributed by atoms with Gasteiger partial charge in [-0.05, 0) is 131 Å². The van der Waals surface area contributed by atoms with E-state index in [1.165, 1.54) is 72.4 Å². The number of fused-ring (bicyclic) bond motifs is 4. The molecule has 9 rings (SSSR count). The lowest BCUT2D eigenvalue weighted by molar-refractivity contribution is 0.660. The van der Waals surface area contributed by atoms with E-state index in [9.17, 15) is 0 Å². The molecule has 0 N–H and O–H groups in total. The minimum atomic E-state index is -0.0909. The summed E-state index contributed by atoms with van der Waals surface area (Å²) in [5.74, 6) is 0. The summed E-state index contributed by atoms with van der Waals surface area (Å²) >= 11 is 0. The SMILES string of the molecule is C/C=C\c1c(C)c2cc(-c3ccc(N(c4cccc(-c5ccccc5)c4)c4ccc5c(c4)C(C)(C)c4ccccc4-5)cc3)ccc2n1-c1ccccc1. The zero-order valence-electron chi connectivity index (χ0n) is 30.7. The molecule has 2 heteroatoms. The number of para-hydroxylation sites is 1. The Bertz CT molecular complexity index is 2640. The highest BCUT2D eigenvalue weighted by molar-refractivity contribution is 5.94. The molecule has 0 atom stereocenters. The summed E-state index contributed by atoms with van der Waals surface area (Å²) in [6.45, 7) is 9.03. The Morgan fingerprint density at radius 2 is 1.11 bits per heavy atom. The van der Waals surface area contributed by atoms with E-state index in [1.807, 2.05) is 0 Å². The van der Waals surface area contributed by atoms with Crippen molar-refractivity contribution in [2.45, 2.75) is 33.1 Å². The van der Waals surface area contributed by atoms with Gasteiger partial charge in [0.15, 0.2) is 0 Å². The van der Waals surface area contributed by atoms with Gasteiger partial charge in [-0.2, -0.15) is 0 Å². The summed E-state index contributed by atoms with van der Waals surface area (Å²) in [6.07, 6.45) is 4.35. The normalized spacial score (nSPS) is 13.0. The van der Waals surface area contributed by atoms with Crippen LogP contribution in [0.4, 0.5) is 17.1 Å². The quantitative estimate of drug-likeness (QED) is 0.162. The first-order valence-electron chi connectivity index (χ1n) is 18.6. The van der Waals surface area contributed by atoms with Crippen LogP contribution >= 0.6 is 0 Å². The van der Waals surface area contributed by atoms with E-state index in [2.05, 4.69) is 219 Å². The molecule has 0 radical (unpaired) electrons. The molecule has 0 fully saturated rings. The maximum absolute atomic E-state index is 2.41. The second-order valence-corrected chi connectivity index (χ2v) is 14.6. The number of benzene rings is 7. The molecule has 0 bridgehead atoms. The molecule has 0 unspecified atom stereocenters. The van der Waals surface area contributed by atoms with Crippen LogP contribution in [0.2, 0.25) is 0 Å². The minimum absolute atomic E-state index is 0.0909. The van der Waals surface area contributed by atoms with Crippen molar-refractivity contribution in [3.8, 4) is 39.1 Å². The third-order valence-corrected chi connectivity index (χ3v) is 11.1. The largest absolute Gasteiger partial charge is 0.310 e. The molecule has 0 saturated heterocycles. The minimum Gasteiger partial charge on any atom is -0.310 e. The van der Waals surface area contributed by atoms with Gasteiger partial charge in [-0.15, -0.1) is 0 Å². The Kier molecular flexibility index (Phi) is 7.97. The van der Waals surface area contributed by atoms with Gasteiger partial charge in [-0.1, -0.05) is 129 Å². The lowest BCUT2D eigenvalue weighted by Gasteiger charge is -2.28. The van der Waals surface area contributed by atoms with Crippen LogP contribution in [0.15, 0.2) is 176 Å². The summed E-state index contributed by atoms with van der Waals surface area (Å²) in [6, 6.07) is 62.1. The van der Waals surface area contributed by atoms with Crippen LogP contribution in [0.1, 0.15) is 43.2 Å². The summed E-state index contributed by atoms with van der Waals surface area (Å²) < 4.78 is 2.37. The van der Waals surface area contributed by atoms with Crippen LogP contribution in [0, 0.1) is 6.92 Å². The van der Waals surface area contributed by atoms with E-state index in [4.69, 9.17) is 0 Å². The average Bonchev–Trinajstić information content (AvgIpc) is 3.61. The lowest BCUT2D eigenvalue weighted by atomic mass is 9.82. The number of aromatic nitrogens is 1. The fourth-order valence-corrected chi connectivity index (χ4v) is 8.40. The zero-order chi connectivity index (χ0) is 36.1. The smallest absolute Gasteiger partial charge is 0.0537 e. The second-order valence-electron chi connectivity index (χ2n) is 14.6. The highest BCUT2D eigenvalue weighted by Crippen LogP contribution is 2.50. The Labute approximate surface area is 312 Å². The zero-order valence-corrected chi connectivity index (χ0v) is 30.7. The molecule has 2 nitrogen and oxygen atoms in total. The standard InChI is InChI=1S/C51H42N2/c1-5-15-49-35(2)46-33-39(26-31-50(46)53(49)40-19-10-7-11-20-40)37-24-27-41(28-25-37)52(42-21-14-18-38(32-42)36-16-8-6-9-17-36)43-29-30-45-44-22-12-13-23-47(44)51(3,4)48(45)34-43/h5-34H,1-4H3/b15-5-. The van der Waals surface area contributed by atoms with E-state index < -0.39 is 0 Å². The molecule has 0 amide bonds. The molecule has 0 aliphatic heterocycles. The first kappa shape index (κ1) is 32.5. The molecular weight excluding hydrogens is 641 g/mol. The maximum Gasteiger partial charge on any atom is 0.0537 e. The number of hydrogen-bond donors (Lipinski definition) is 0. The number of aryl methyl sites for hydroxylation is 1. The summed E-state index contributed by atoms with van der Waals surface area (Å²) in [4.78, 5) is 2.41. The first-order valence-corrected chi connectivity index (χ1v) is 18.6. The molecule has 1 aliphatic rings. The molecular formula is C51H42N2. The Morgan fingerprint density at radius 3 is 1.89 bits per heavy atom. The molecule has 7 aromatic carbocycles. The van der Waals surface area contributed by atoms with E-state index in [1.54, 1.807) is 0 Å². The van der Waals surface area contributed by atoms with Crippen LogP contribution in [0.5, 0.6) is 0 Å². The molecule has 53 heavy (non-hydrogen) atoms. The van der Waals surface area contributed by atoms with Gasteiger partial charge in [-0.3, -0.25) is 0 Å². The van der Waals surface area contributed by atoms with Gasteiger partial charge in [0.2, 0.25) is 0 Å². The van der Waals surface area contributed by atoms with Crippen molar-refractivity contribution < 1.29 is 0 Å². The lowest BCUT2D eigenvalue weighted by Crippen LogP contribution is -2.16. The van der Waals surface area contributed by atoms with Gasteiger partial charge in [0, 0.05) is 39.2 Å². The van der Waals surface area contributed by atoms with Crippen LogP contribution in [0.3, 0.4) is 0 Å². The van der Waals surface area contributed by atoms with Gasteiger partial charge >= 0.3 is 0 Å². The van der Waals surface area contributed by atoms with E-state index >= 15 is 0 Å². The second kappa shape index (κ2) is 13.0. The van der Waals surface area contributed by atoms with Crippen molar-refractivity contribution in [2.75, 3.05) is 4.90 Å². The Hall–Kier alpha value is -6.38. The highest BCUT2D eigenvalue weighted by atomic mass is 15.1. The Morgan fingerprint density at radius 1 is 0.509 bits per heavy atom. The van der Waals surface area contributed by atoms with Crippen molar-refractivity contribution in [2.24, 2.45) is 0 Å². The first-order chi connectivity index (χ1) is 25.9. The number of nitrogens with zero attached hydrogens (tertiary/aromatic N) is 2. The third kappa shape index (κ3) is 5.50. The predicted molar refractivity (Wildman–Crippen MR) is 226 cm³/mol. The molecule has 0 spiro atoms. The van der Waals surface area contributed by atoms with Crippen LogP contribution in [0.25, 0.3) is 56.0 Å². The topological polar surface area (TPSA) is 8.17 Å². The summed E-state index contributed by atoms with van der Waals surface area (Å²) in [5.41, 5.74) is 18.4. The molecule has 256 valence electrons. The maximum atomic E-state index is 2.41. The number of allylic oxidation sites excluding steroid dienone is 1. The van der Waals surface area contributed by atoms with Crippen molar-refractivity contribution in [1.82, 2.24) is 4.57 Å². The van der Waals surface area contributed by atoms with Crippen LogP contribution in [-0.2, 0) is 5.41 Å². The average molecular weight is 683 g/mol. The van der Waals surface area contributed by atoms with Crippen molar-refractivity contribution in [3.05, 3.63) is 198 Å². The van der Waals surface area contributed by atoms with Crippen molar-refractivity contribution >= 4 is 34.0 Å². The monoisotopic (exact) mass is 682 g/mol. The van der Waals surface area contributed by atoms with E-state index in [0.717, 1.165) is 17.1 Å². The van der Waals surface area contributed by atoms with Crippen molar-refractivity contribution in [3.63, 3.8) is 0 Å². The van der Waals surface area contributed by atoms with Gasteiger partial charge in [-0.25, -0.2) is 0 Å². The fourth-order valence-electron chi connectivity index (χ4n) is 8.40. The van der Waals surface area contributed by atoms with Gasteiger partial charge < -0.3 is 9.47 Å². The van der Waals surface area contributed by atoms with Crippen molar-refractivity contribution in [1.29, 1.82) is 0 Å². The number of anilines is 3. The third-order valence-electron chi connectivity index (χ3n) is 11.1. The molecule has 0 saturated carbocycles.